The smallest absolute Gasteiger partial charge is 0.166 e. The Bertz CT molecular complexity index is 766. The second-order valence-electron chi connectivity index (χ2n) is 8.56. The van der Waals surface area contributed by atoms with Gasteiger partial charge >= 0.3 is 0 Å². The molecular weight excluding hydrogens is 408 g/mol. The Hall–Kier alpha value is -1.63. The second-order valence-corrected chi connectivity index (χ2v) is 9.95. The summed E-state index contributed by atoms with van der Waals surface area (Å²) in [4.78, 5) is 6.55. The maximum absolute atomic E-state index is 5.70. The van der Waals surface area contributed by atoms with E-state index in [1.165, 1.54) is 42.7 Å². The molecule has 0 bridgehead atoms. The first-order valence-corrected chi connectivity index (χ1v) is 12.6. The monoisotopic (exact) mass is 442 g/mol. The summed E-state index contributed by atoms with van der Waals surface area (Å²) in [5.41, 5.74) is 1.33. The number of nitrogens with zero attached hydrogens (tertiary/aromatic N) is 2. The van der Waals surface area contributed by atoms with Gasteiger partial charge in [-0.1, -0.05) is 43.5 Å². The summed E-state index contributed by atoms with van der Waals surface area (Å²) >= 11 is 7.55. The van der Waals surface area contributed by atoms with Gasteiger partial charge in [-0.2, -0.15) is 0 Å². The van der Waals surface area contributed by atoms with Gasteiger partial charge in [0.15, 0.2) is 5.11 Å². The molecule has 1 aliphatic carbocycles. The van der Waals surface area contributed by atoms with Crippen molar-refractivity contribution in [3.8, 4) is 0 Å². The first kappa shape index (κ1) is 21.6. The molecule has 1 saturated carbocycles. The molecule has 30 heavy (non-hydrogen) atoms. The number of thiophene rings is 1. The molecule has 2 N–H and O–H groups in total. The Morgan fingerprint density at radius 1 is 1.00 bits per heavy atom. The van der Waals surface area contributed by atoms with E-state index in [1.807, 2.05) is 11.3 Å². The number of piperazine rings is 1. The van der Waals surface area contributed by atoms with Crippen LogP contribution in [0.4, 0.5) is 5.69 Å². The summed E-state index contributed by atoms with van der Waals surface area (Å²) in [5.74, 6) is 0. The number of anilines is 1. The minimum atomic E-state index is 0.260. The van der Waals surface area contributed by atoms with Crippen LogP contribution in [0.2, 0.25) is 0 Å². The quantitative estimate of drug-likeness (QED) is 0.628. The highest BCUT2D eigenvalue weighted by molar-refractivity contribution is 7.80. The molecular formula is C24H34N4S2. The standard InChI is InChI=1S/C24H34N4S2/c1-19(25-24(29)26-20-9-4-2-5-10-20)23(22-13-8-18-30-22)28-16-14-27(15-17-28)21-11-6-3-7-12-21/h3,6-8,11-13,18-20,23H,2,4-5,9-10,14-17H2,1H3,(H2,25,26,29)/t19-,23+/m0/s1. The summed E-state index contributed by atoms with van der Waals surface area (Å²) < 4.78 is 0. The Balaban J connectivity index is 1.37. The molecule has 4 rings (SSSR count). The van der Waals surface area contributed by atoms with E-state index in [4.69, 9.17) is 12.2 Å². The van der Waals surface area contributed by atoms with Crippen LogP contribution in [0.1, 0.15) is 49.9 Å². The maximum atomic E-state index is 5.70. The predicted octanol–water partition coefficient (Wildman–Crippen LogP) is 4.80. The van der Waals surface area contributed by atoms with E-state index in [1.54, 1.807) is 0 Å². The fourth-order valence-electron chi connectivity index (χ4n) is 4.86. The minimum Gasteiger partial charge on any atom is -0.369 e. The van der Waals surface area contributed by atoms with E-state index < -0.39 is 0 Å². The number of para-hydroxylation sites is 1. The SMILES string of the molecule is C[C@H](NC(=S)NC1CCCCC1)[C@H](c1cccs1)N1CCN(c2ccccc2)CC1. The number of rotatable bonds is 6. The van der Waals surface area contributed by atoms with Crippen molar-refractivity contribution in [2.24, 2.45) is 0 Å². The summed E-state index contributed by atoms with van der Waals surface area (Å²) in [7, 11) is 0. The highest BCUT2D eigenvalue weighted by atomic mass is 32.1. The molecule has 2 atom stereocenters. The van der Waals surface area contributed by atoms with Crippen LogP contribution < -0.4 is 15.5 Å². The average molecular weight is 443 g/mol. The van der Waals surface area contributed by atoms with Gasteiger partial charge in [-0.05, 0) is 55.6 Å². The van der Waals surface area contributed by atoms with E-state index in [2.05, 4.69) is 75.2 Å². The van der Waals surface area contributed by atoms with Crippen LogP contribution in [-0.2, 0) is 0 Å². The zero-order valence-electron chi connectivity index (χ0n) is 17.9. The zero-order valence-corrected chi connectivity index (χ0v) is 19.6. The normalized spacial score (nSPS) is 20.5. The lowest BCUT2D eigenvalue weighted by Gasteiger charge is -2.42. The summed E-state index contributed by atoms with van der Waals surface area (Å²) in [5, 5.41) is 10.2. The van der Waals surface area contributed by atoms with Crippen molar-refractivity contribution in [3.63, 3.8) is 0 Å². The fraction of sp³-hybridized carbons (Fsp3) is 0.542. The van der Waals surface area contributed by atoms with Gasteiger partial charge in [0.25, 0.3) is 0 Å². The van der Waals surface area contributed by atoms with Crippen molar-refractivity contribution in [3.05, 3.63) is 52.7 Å². The lowest BCUT2D eigenvalue weighted by molar-refractivity contribution is 0.162. The summed E-state index contributed by atoms with van der Waals surface area (Å²) in [6.45, 7) is 6.52. The second kappa shape index (κ2) is 10.6. The molecule has 6 heteroatoms. The van der Waals surface area contributed by atoms with Crippen LogP contribution in [0, 0.1) is 0 Å². The molecule has 4 nitrogen and oxygen atoms in total. The highest BCUT2D eigenvalue weighted by Gasteiger charge is 2.30. The third-order valence-electron chi connectivity index (χ3n) is 6.44. The number of hydrogen-bond acceptors (Lipinski definition) is 4. The first-order valence-electron chi connectivity index (χ1n) is 11.3. The van der Waals surface area contributed by atoms with Crippen LogP contribution in [0.3, 0.4) is 0 Å². The Labute approximate surface area is 190 Å². The van der Waals surface area contributed by atoms with Gasteiger partial charge < -0.3 is 15.5 Å². The molecule has 1 aromatic carbocycles. The summed E-state index contributed by atoms with van der Waals surface area (Å²) in [6.07, 6.45) is 6.49. The van der Waals surface area contributed by atoms with Crippen LogP contribution >= 0.6 is 23.6 Å². The molecule has 2 fully saturated rings. The molecule has 2 heterocycles. The predicted molar refractivity (Wildman–Crippen MR) is 132 cm³/mol. The Kier molecular flexibility index (Phi) is 7.63. The average Bonchev–Trinajstić information content (AvgIpc) is 3.30. The van der Waals surface area contributed by atoms with Crippen LogP contribution in [0.15, 0.2) is 47.8 Å². The number of hydrogen-bond donors (Lipinski definition) is 2. The molecule has 0 amide bonds. The molecule has 1 aliphatic heterocycles. The number of nitrogens with one attached hydrogen (secondary N) is 2. The van der Waals surface area contributed by atoms with E-state index in [-0.39, 0.29) is 6.04 Å². The van der Waals surface area contributed by atoms with Crippen molar-refractivity contribution in [2.75, 3.05) is 31.1 Å². The highest BCUT2D eigenvalue weighted by Crippen LogP contribution is 2.30. The van der Waals surface area contributed by atoms with Crippen molar-refractivity contribution in [2.45, 2.75) is 57.2 Å². The first-order chi connectivity index (χ1) is 14.7. The van der Waals surface area contributed by atoms with Gasteiger partial charge in [0, 0.05) is 48.8 Å². The van der Waals surface area contributed by atoms with Crippen LogP contribution in [0.25, 0.3) is 0 Å². The van der Waals surface area contributed by atoms with Crippen LogP contribution in [-0.4, -0.2) is 48.3 Å². The van der Waals surface area contributed by atoms with Crippen molar-refractivity contribution < 1.29 is 0 Å². The Morgan fingerprint density at radius 2 is 1.73 bits per heavy atom. The van der Waals surface area contributed by atoms with Crippen molar-refractivity contribution in [1.82, 2.24) is 15.5 Å². The maximum Gasteiger partial charge on any atom is 0.166 e. The van der Waals surface area contributed by atoms with Gasteiger partial charge in [-0.3, -0.25) is 4.90 Å². The van der Waals surface area contributed by atoms with E-state index in [0.717, 1.165) is 31.3 Å². The van der Waals surface area contributed by atoms with E-state index in [9.17, 15) is 0 Å². The minimum absolute atomic E-state index is 0.260. The number of thiocarbonyl (C=S) groups is 1. The van der Waals surface area contributed by atoms with Gasteiger partial charge in [-0.25, -0.2) is 0 Å². The summed E-state index contributed by atoms with van der Waals surface area (Å²) in [6, 6.07) is 16.4. The zero-order chi connectivity index (χ0) is 20.8. The van der Waals surface area contributed by atoms with E-state index >= 15 is 0 Å². The topological polar surface area (TPSA) is 30.5 Å². The van der Waals surface area contributed by atoms with Crippen LogP contribution in [0.5, 0.6) is 0 Å². The van der Waals surface area contributed by atoms with Crippen molar-refractivity contribution in [1.29, 1.82) is 0 Å². The molecule has 1 aromatic heterocycles. The van der Waals surface area contributed by atoms with Gasteiger partial charge in [0.05, 0.1) is 6.04 Å². The molecule has 1 saturated heterocycles. The lowest BCUT2D eigenvalue weighted by atomic mass is 9.96. The third-order valence-corrected chi connectivity index (χ3v) is 7.62. The largest absolute Gasteiger partial charge is 0.369 e. The van der Waals surface area contributed by atoms with Crippen molar-refractivity contribution >= 4 is 34.4 Å². The molecule has 2 aromatic rings. The molecule has 162 valence electrons. The fourth-order valence-corrected chi connectivity index (χ4v) is 6.18. The molecule has 0 radical (unpaired) electrons. The number of benzene rings is 1. The molecule has 0 spiro atoms. The third kappa shape index (κ3) is 5.54. The van der Waals surface area contributed by atoms with Gasteiger partial charge in [0.2, 0.25) is 0 Å². The van der Waals surface area contributed by atoms with Gasteiger partial charge in [0.1, 0.15) is 0 Å². The lowest BCUT2D eigenvalue weighted by Crippen LogP contribution is -2.54. The molecule has 0 unspecified atom stereocenters. The Morgan fingerprint density at radius 3 is 2.40 bits per heavy atom. The van der Waals surface area contributed by atoms with E-state index in [0.29, 0.717) is 12.1 Å². The molecule has 2 aliphatic rings. The van der Waals surface area contributed by atoms with Gasteiger partial charge in [-0.15, -0.1) is 11.3 Å².